The molecule has 2 aromatic carbocycles. The van der Waals surface area contributed by atoms with Crippen LogP contribution in [0.4, 0.5) is 0 Å². The molecule has 2 aliphatic rings. The number of nitrogens with one attached hydrogen (secondary N) is 2. The van der Waals surface area contributed by atoms with E-state index in [9.17, 15) is 18.4 Å². The average Bonchev–Trinajstić information content (AvgIpc) is 3.45. The molecule has 40 heavy (non-hydrogen) atoms. The van der Waals surface area contributed by atoms with Crippen molar-refractivity contribution in [2.75, 3.05) is 6.61 Å². The van der Waals surface area contributed by atoms with Crippen LogP contribution in [-0.4, -0.2) is 48.7 Å². The zero-order valence-corrected chi connectivity index (χ0v) is 23.8. The summed E-state index contributed by atoms with van der Waals surface area (Å²) >= 11 is 10.4. The first-order valence-corrected chi connectivity index (χ1v) is 14.9. The number of rotatable bonds is 9. The Morgan fingerprint density at radius 1 is 1.05 bits per heavy atom. The second-order valence-corrected chi connectivity index (χ2v) is 11.5. The largest absolute Gasteiger partial charge is 0.760 e. The molecule has 2 heterocycles. The van der Waals surface area contributed by atoms with Crippen LogP contribution in [0.3, 0.4) is 0 Å². The van der Waals surface area contributed by atoms with Gasteiger partial charge in [-0.1, -0.05) is 60.3 Å². The molecule has 0 radical (unpaired) electrons. The van der Waals surface area contributed by atoms with Gasteiger partial charge in [0.2, 0.25) is 0 Å². The molecule has 9 nitrogen and oxygen atoms in total. The number of carbonyl (C=O) groups is 2. The summed E-state index contributed by atoms with van der Waals surface area (Å²) in [7, 11) is 0. The van der Waals surface area contributed by atoms with Crippen LogP contribution >= 0.6 is 23.2 Å². The van der Waals surface area contributed by atoms with Crippen LogP contribution in [0.5, 0.6) is 0 Å². The SMILES string of the molecule is O=C(NOCCn1cccc1)[C@@H]1c2ccccc2C(=O)N([C@H]2CCCC[C@@H]2NS(=O)[O-])[C@H]1c1ccc(Cl)cc1Cl. The Kier molecular flexibility index (Phi) is 9.24. The number of hydrogen-bond donors (Lipinski definition) is 2. The topological polar surface area (TPSA) is 116 Å². The van der Waals surface area contributed by atoms with Gasteiger partial charge in [-0.15, -0.1) is 0 Å². The van der Waals surface area contributed by atoms with Crippen molar-refractivity contribution in [3.05, 3.63) is 93.7 Å². The molecule has 3 aromatic rings. The highest BCUT2D eigenvalue weighted by molar-refractivity contribution is 7.77. The highest BCUT2D eigenvalue weighted by Gasteiger charge is 2.49. The minimum absolute atomic E-state index is 0.230. The van der Waals surface area contributed by atoms with Gasteiger partial charge in [-0.3, -0.25) is 18.6 Å². The third kappa shape index (κ3) is 6.12. The molecule has 0 saturated heterocycles. The maximum absolute atomic E-state index is 14.2. The van der Waals surface area contributed by atoms with Crippen LogP contribution in [0, 0.1) is 0 Å². The number of aromatic nitrogens is 1. The average molecular weight is 605 g/mol. The van der Waals surface area contributed by atoms with Crippen molar-refractivity contribution >= 4 is 46.3 Å². The van der Waals surface area contributed by atoms with E-state index in [2.05, 4.69) is 10.2 Å². The molecule has 1 fully saturated rings. The standard InChI is InChI=1S/C28H30Cl2N4O5S/c29-18-11-12-21(22(30)17-18)26-25(27(35)31-39-16-15-33-13-5-6-14-33)19-7-1-2-8-20(19)28(36)34(26)24-10-4-3-9-23(24)32-40(37)38/h1-2,5-8,11-14,17,23-26,32H,3-4,9-10,15-16H2,(H,31,35)(H,37,38)/p-1/t23-,24-,25+,26-/m0/s1. The van der Waals surface area contributed by atoms with E-state index < -0.39 is 41.2 Å². The summed E-state index contributed by atoms with van der Waals surface area (Å²) in [6, 6.07) is 13.9. The van der Waals surface area contributed by atoms with Gasteiger partial charge < -0.3 is 14.0 Å². The van der Waals surface area contributed by atoms with Gasteiger partial charge in [-0.2, -0.15) is 0 Å². The van der Waals surface area contributed by atoms with Gasteiger partial charge in [0.25, 0.3) is 11.8 Å². The minimum Gasteiger partial charge on any atom is -0.760 e. The highest BCUT2D eigenvalue weighted by Crippen LogP contribution is 2.47. The molecule has 0 spiro atoms. The summed E-state index contributed by atoms with van der Waals surface area (Å²) in [6.07, 6.45) is 6.54. The molecule has 5 atom stereocenters. The first-order chi connectivity index (χ1) is 19.3. The molecule has 0 bridgehead atoms. The number of hydroxylamine groups is 1. The fraction of sp³-hybridized carbons (Fsp3) is 0.357. The van der Waals surface area contributed by atoms with Crippen molar-refractivity contribution in [1.82, 2.24) is 19.7 Å². The Morgan fingerprint density at radius 3 is 2.55 bits per heavy atom. The van der Waals surface area contributed by atoms with Gasteiger partial charge >= 0.3 is 0 Å². The van der Waals surface area contributed by atoms with Crippen molar-refractivity contribution in [1.29, 1.82) is 0 Å². The lowest BCUT2D eigenvalue weighted by atomic mass is 9.76. The molecular weight excluding hydrogens is 575 g/mol. The maximum Gasteiger partial charge on any atom is 0.255 e. The molecule has 1 unspecified atom stereocenters. The monoisotopic (exact) mass is 603 g/mol. The Labute approximate surface area is 245 Å². The molecule has 2 amide bonds. The maximum atomic E-state index is 14.2. The molecule has 1 aromatic heterocycles. The number of hydrogen-bond acceptors (Lipinski definition) is 5. The van der Waals surface area contributed by atoms with Crippen LogP contribution in [-0.2, 0) is 27.4 Å². The van der Waals surface area contributed by atoms with E-state index in [0.29, 0.717) is 46.1 Å². The lowest BCUT2D eigenvalue weighted by molar-refractivity contribution is -0.137. The summed E-state index contributed by atoms with van der Waals surface area (Å²) in [5, 5.41) is 0.713. The van der Waals surface area contributed by atoms with Crippen LogP contribution < -0.4 is 10.2 Å². The second kappa shape index (κ2) is 12.8. The van der Waals surface area contributed by atoms with Crippen molar-refractivity contribution < 1.29 is 23.2 Å². The zero-order valence-electron chi connectivity index (χ0n) is 21.5. The van der Waals surface area contributed by atoms with E-state index in [1.807, 2.05) is 29.1 Å². The number of benzene rings is 2. The summed E-state index contributed by atoms with van der Waals surface area (Å²) < 4.78 is 27.9. The van der Waals surface area contributed by atoms with Gasteiger partial charge in [0.15, 0.2) is 0 Å². The number of fused-ring (bicyclic) bond motifs is 1. The van der Waals surface area contributed by atoms with E-state index in [4.69, 9.17) is 28.0 Å². The fourth-order valence-corrected chi connectivity index (χ4v) is 6.88. The van der Waals surface area contributed by atoms with E-state index in [0.717, 1.165) is 12.8 Å². The lowest BCUT2D eigenvalue weighted by Gasteiger charge is -2.49. The zero-order chi connectivity index (χ0) is 28.2. The van der Waals surface area contributed by atoms with Crippen LogP contribution in [0.15, 0.2) is 67.0 Å². The molecule has 212 valence electrons. The van der Waals surface area contributed by atoms with E-state index in [-0.39, 0.29) is 12.5 Å². The highest BCUT2D eigenvalue weighted by atomic mass is 35.5. The molecule has 1 aliphatic heterocycles. The Hall–Kier alpha value is -2.73. The Bertz CT molecular complexity index is 1390. The molecule has 1 aliphatic carbocycles. The first kappa shape index (κ1) is 28.8. The van der Waals surface area contributed by atoms with E-state index >= 15 is 0 Å². The van der Waals surface area contributed by atoms with Gasteiger partial charge in [0.1, 0.15) is 0 Å². The van der Waals surface area contributed by atoms with Crippen molar-refractivity contribution in [2.24, 2.45) is 0 Å². The molecule has 2 N–H and O–H groups in total. The third-order valence-corrected chi connectivity index (χ3v) is 8.62. The Balaban J connectivity index is 1.56. The number of nitrogens with zero attached hydrogens (tertiary/aromatic N) is 2. The van der Waals surface area contributed by atoms with Gasteiger partial charge in [0.05, 0.1) is 18.6 Å². The van der Waals surface area contributed by atoms with Gasteiger partial charge in [-0.05, 0) is 54.3 Å². The van der Waals surface area contributed by atoms with Crippen molar-refractivity contribution in [3.63, 3.8) is 0 Å². The normalized spacial score (nSPS) is 23.5. The van der Waals surface area contributed by atoms with Crippen molar-refractivity contribution in [2.45, 2.75) is 56.3 Å². The summed E-state index contributed by atoms with van der Waals surface area (Å²) in [6.45, 7) is 0.765. The summed E-state index contributed by atoms with van der Waals surface area (Å²) in [4.78, 5) is 35.3. The number of amides is 2. The van der Waals surface area contributed by atoms with Crippen LogP contribution in [0.1, 0.15) is 59.1 Å². The van der Waals surface area contributed by atoms with Gasteiger partial charge in [0, 0.05) is 57.9 Å². The summed E-state index contributed by atoms with van der Waals surface area (Å²) in [5.74, 6) is -1.62. The van der Waals surface area contributed by atoms with Gasteiger partial charge in [-0.25, -0.2) is 10.2 Å². The van der Waals surface area contributed by atoms with E-state index in [1.165, 1.54) is 0 Å². The van der Waals surface area contributed by atoms with Crippen LogP contribution in [0.2, 0.25) is 10.0 Å². The fourth-order valence-electron chi connectivity index (χ4n) is 5.83. The Morgan fingerprint density at radius 2 is 1.80 bits per heavy atom. The minimum atomic E-state index is -2.53. The molecular formula is C28H29Cl2N4O5S-. The number of halogens is 2. The second-order valence-electron chi connectivity index (χ2n) is 9.93. The molecule has 12 heteroatoms. The number of carbonyl (C=O) groups excluding carboxylic acids is 2. The van der Waals surface area contributed by atoms with Crippen LogP contribution in [0.25, 0.3) is 0 Å². The third-order valence-electron chi connectivity index (χ3n) is 7.56. The first-order valence-electron chi connectivity index (χ1n) is 13.1. The molecule has 5 rings (SSSR count). The van der Waals surface area contributed by atoms with Crippen molar-refractivity contribution in [3.8, 4) is 0 Å². The lowest BCUT2D eigenvalue weighted by Crippen LogP contribution is -2.58. The predicted molar refractivity (Wildman–Crippen MR) is 151 cm³/mol. The predicted octanol–water partition coefficient (Wildman–Crippen LogP) is 4.52. The quantitative estimate of drug-likeness (QED) is 0.212. The van der Waals surface area contributed by atoms with E-state index in [1.54, 1.807) is 47.4 Å². The summed E-state index contributed by atoms with van der Waals surface area (Å²) in [5.41, 5.74) is 4.05. The molecule has 1 saturated carbocycles. The smallest absolute Gasteiger partial charge is 0.255 e.